The number of nitrogens with zero attached hydrogens (tertiary/aromatic N) is 3. The molecule has 1 spiro atoms. The van der Waals surface area contributed by atoms with Gasteiger partial charge in [0.15, 0.2) is 5.79 Å². The number of hydrogen-bond acceptors (Lipinski definition) is 5. The third kappa shape index (κ3) is 3.92. The van der Waals surface area contributed by atoms with Gasteiger partial charge >= 0.3 is 0 Å². The molecule has 3 heterocycles. The lowest BCUT2D eigenvalue weighted by Crippen LogP contribution is -2.48. The third-order valence-electron chi connectivity index (χ3n) is 6.09. The van der Waals surface area contributed by atoms with Crippen molar-refractivity contribution in [2.75, 3.05) is 59.0 Å². The van der Waals surface area contributed by atoms with Gasteiger partial charge in [-0.1, -0.05) is 13.0 Å². The van der Waals surface area contributed by atoms with Gasteiger partial charge in [-0.2, -0.15) is 0 Å². The van der Waals surface area contributed by atoms with E-state index in [-0.39, 0.29) is 11.8 Å². The Balaban J connectivity index is 1.39. The molecule has 0 aromatic heterocycles. The van der Waals surface area contributed by atoms with Crippen LogP contribution < -0.4 is 0 Å². The standard InChI is InChI=1S/C21H29N3O4/c1-2-22-10-12-24(13-11-22)20(26)18-5-3-4-17(16-18)19(25)23-8-6-21(7-9-23)27-14-15-28-21/h3-5,16H,2,6-15H2,1H3. The molecule has 28 heavy (non-hydrogen) atoms. The monoisotopic (exact) mass is 387 g/mol. The molecular formula is C21H29N3O4. The van der Waals surface area contributed by atoms with Crippen molar-refractivity contribution >= 4 is 11.8 Å². The Morgan fingerprint density at radius 2 is 1.43 bits per heavy atom. The summed E-state index contributed by atoms with van der Waals surface area (Å²) >= 11 is 0. The summed E-state index contributed by atoms with van der Waals surface area (Å²) in [6.07, 6.45) is 1.39. The van der Waals surface area contributed by atoms with E-state index in [1.807, 2.05) is 9.80 Å². The summed E-state index contributed by atoms with van der Waals surface area (Å²) in [4.78, 5) is 31.9. The Hall–Kier alpha value is -1.96. The minimum absolute atomic E-state index is 0.00996. The fourth-order valence-corrected chi connectivity index (χ4v) is 4.25. The predicted molar refractivity (Wildman–Crippen MR) is 104 cm³/mol. The molecule has 0 N–H and O–H groups in total. The summed E-state index contributed by atoms with van der Waals surface area (Å²) in [7, 11) is 0. The first-order valence-electron chi connectivity index (χ1n) is 10.3. The number of benzene rings is 1. The van der Waals surface area contributed by atoms with Gasteiger partial charge in [-0.15, -0.1) is 0 Å². The summed E-state index contributed by atoms with van der Waals surface area (Å²) in [5.74, 6) is -0.510. The van der Waals surface area contributed by atoms with Crippen LogP contribution in [0.2, 0.25) is 0 Å². The predicted octanol–water partition coefficient (Wildman–Crippen LogP) is 1.44. The molecule has 3 aliphatic rings. The summed E-state index contributed by atoms with van der Waals surface area (Å²) in [5, 5.41) is 0. The average molecular weight is 387 g/mol. The van der Waals surface area contributed by atoms with Gasteiger partial charge in [0.25, 0.3) is 11.8 Å². The second-order valence-electron chi connectivity index (χ2n) is 7.71. The van der Waals surface area contributed by atoms with Crippen LogP contribution in [0, 0.1) is 0 Å². The maximum Gasteiger partial charge on any atom is 0.253 e. The molecule has 7 nitrogen and oxygen atoms in total. The van der Waals surface area contributed by atoms with Gasteiger partial charge in [-0.3, -0.25) is 9.59 Å². The van der Waals surface area contributed by atoms with Crippen LogP contribution in [-0.2, 0) is 9.47 Å². The number of carbonyl (C=O) groups is 2. The van der Waals surface area contributed by atoms with Crippen LogP contribution in [0.5, 0.6) is 0 Å². The molecule has 3 fully saturated rings. The Labute approximate surface area is 166 Å². The highest BCUT2D eigenvalue weighted by atomic mass is 16.7. The number of rotatable bonds is 3. The second-order valence-corrected chi connectivity index (χ2v) is 7.71. The van der Waals surface area contributed by atoms with E-state index in [2.05, 4.69) is 11.8 Å². The van der Waals surface area contributed by atoms with Gasteiger partial charge in [0.05, 0.1) is 13.2 Å². The maximum absolute atomic E-state index is 12.9. The molecule has 1 aromatic rings. The van der Waals surface area contributed by atoms with Gasteiger partial charge in [0, 0.05) is 63.2 Å². The number of ether oxygens (including phenoxy) is 2. The minimum atomic E-state index is -0.491. The van der Waals surface area contributed by atoms with Crippen LogP contribution in [0.3, 0.4) is 0 Å². The molecule has 0 bridgehead atoms. The van der Waals surface area contributed by atoms with Crippen LogP contribution in [0.15, 0.2) is 24.3 Å². The van der Waals surface area contributed by atoms with Gasteiger partial charge in [0.2, 0.25) is 0 Å². The minimum Gasteiger partial charge on any atom is -0.347 e. The molecule has 4 rings (SSSR count). The smallest absolute Gasteiger partial charge is 0.253 e. The molecule has 3 aliphatic heterocycles. The first kappa shape index (κ1) is 19.4. The zero-order valence-electron chi connectivity index (χ0n) is 16.6. The molecule has 2 amide bonds. The fourth-order valence-electron chi connectivity index (χ4n) is 4.25. The molecule has 0 unspecified atom stereocenters. The van der Waals surface area contributed by atoms with Crippen molar-refractivity contribution in [3.8, 4) is 0 Å². The van der Waals surface area contributed by atoms with Crippen molar-refractivity contribution in [1.29, 1.82) is 0 Å². The van der Waals surface area contributed by atoms with E-state index in [9.17, 15) is 9.59 Å². The second kappa shape index (κ2) is 8.19. The largest absolute Gasteiger partial charge is 0.347 e. The quantitative estimate of drug-likeness (QED) is 0.786. The molecule has 0 atom stereocenters. The van der Waals surface area contributed by atoms with E-state index in [1.54, 1.807) is 24.3 Å². The van der Waals surface area contributed by atoms with Crippen LogP contribution in [0.25, 0.3) is 0 Å². The molecular weight excluding hydrogens is 358 g/mol. The number of amides is 2. The number of hydrogen-bond donors (Lipinski definition) is 0. The van der Waals surface area contributed by atoms with Gasteiger partial charge in [-0.25, -0.2) is 0 Å². The van der Waals surface area contributed by atoms with Gasteiger partial charge < -0.3 is 24.2 Å². The molecule has 3 saturated heterocycles. The Kier molecular flexibility index (Phi) is 5.66. The van der Waals surface area contributed by atoms with E-state index in [4.69, 9.17) is 9.47 Å². The lowest BCUT2D eigenvalue weighted by molar-refractivity contribution is -0.181. The van der Waals surface area contributed by atoms with Crippen LogP contribution in [0.1, 0.15) is 40.5 Å². The molecule has 0 radical (unpaired) electrons. The number of likely N-dealkylation sites (tertiary alicyclic amines) is 1. The Morgan fingerprint density at radius 3 is 1.96 bits per heavy atom. The zero-order chi connectivity index (χ0) is 19.6. The molecule has 7 heteroatoms. The fraction of sp³-hybridized carbons (Fsp3) is 0.619. The SMILES string of the molecule is CCN1CCN(C(=O)c2cccc(C(=O)N3CCC4(CC3)OCCO4)c2)CC1. The summed E-state index contributed by atoms with van der Waals surface area (Å²) < 4.78 is 11.5. The van der Waals surface area contributed by atoms with E-state index >= 15 is 0 Å². The van der Waals surface area contributed by atoms with Gasteiger partial charge in [-0.05, 0) is 24.7 Å². The number of piperidine rings is 1. The zero-order valence-corrected chi connectivity index (χ0v) is 16.6. The maximum atomic E-state index is 12.9. The van der Waals surface area contributed by atoms with E-state index in [0.29, 0.717) is 50.3 Å². The lowest BCUT2D eigenvalue weighted by atomic mass is 10.0. The Morgan fingerprint density at radius 1 is 0.893 bits per heavy atom. The summed E-state index contributed by atoms with van der Waals surface area (Å²) in [6, 6.07) is 7.14. The van der Waals surface area contributed by atoms with E-state index in [0.717, 1.165) is 32.7 Å². The number of carbonyl (C=O) groups excluding carboxylic acids is 2. The molecule has 1 aromatic carbocycles. The first-order valence-corrected chi connectivity index (χ1v) is 10.3. The topological polar surface area (TPSA) is 62.3 Å². The summed E-state index contributed by atoms with van der Waals surface area (Å²) in [5.41, 5.74) is 1.16. The number of likely N-dealkylation sites (N-methyl/N-ethyl adjacent to an activating group) is 1. The lowest BCUT2D eigenvalue weighted by Gasteiger charge is -2.37. The average Bonchev–Trinajstić information content (AvgIpc) is 3.21. The van der Waals surface area contributed by atoms with Crippen LogP contribution in [0.4, 0.5) is 0 Å². The van der Waals surface area contributed by atoms with Crippen molar-refractivity contribution in [1.82, 2.24) is 14.7 Å². The van der Waals surface area contributed by atoms with Crippen LogP contribution >= 0.6 is 0 Å². The molecule has 0 saturated carbocycles. The van der Waals surface area contributed by atoms with E-state index < -0.39 is 5.79 Å². The van der Waals surface area contributed by atoms with E-state index in [1.165, 1.54) is 0 Å². The van der Waals surface area contributed by atoms with Crippen molar-refractivity contribution in [2.24, 2.45) is 0 Å². The van der Waals surface area contributed by atoms with Crippen molar-refractivity contribution in [2.45, 2.75) is 25.6 Å². The van der Waals surface area contributed by atoms with Crippen LogP contribution in [-0.4, -0.2) is 91.3 Å². The van der Waals surface area contributed by atoms with Crippen molar-refractivity contribution in [3.05, 3.63) is 35.4 Å². The van der Waals surface area contributed by atoms with Crippen molar-refractivity contribution < 1.29 is 19.1 Å². The third-order valence-corrected chi connectivity index (χ3v) is 6.09. The normalized spacial score (nSPS) is 22.6. The van der Waals surface area contributed by atoms with Gasteiger partial charge in [0.1, 0.15) is 0 Å². The van der Waals surface area contributed by atoms with Crippen molar-refractivity contribution in [3.63, 3.8) is 0 Å². The first-order chi connectivity index (χ1) is 13.6. The summed E-state index contributed by atoms with van der Waals surface area (Å²) in [6.45, 7) is 8.90. The molecule has 152 valence electrons. The Bertz CT molecular complexity index is 714. The highest BCUT2D eigenvalue weighted by Gasteiger charge is 2.40. The highest BCUT2D eigenvalue weighted by Crippen LogP contribution is 2.31. The highest BCUT2D eigenvalue weighted by molar-refractivity contribution is 5.99. The number of piperazine rings is 1. The molecule has 0 aliphatic carbocycles.